The highest BCUT2D eigenvalue weighted by atomic mass is 32.1. The summed E-state index contributed by atoms with van der Waals surface area (Å²) in [6, 6.07) is 5.21. The third-order valence-corrected chi connectivity index (χ3v) is 6.72. The summed E-state index contributed by atoms with van der Waals surface area (Å²) in [7, 11) is -4.03. The Kier molecular flexibility index (Phi) is 8.61. The lowest BCUT2D eigenvalue weighted by Crippen LogP contribution is -2.34. The van der Waals surface area contributed by atoms with Gasteiger partial charge in [-0.3, -0.25) is 9.36 Å². The normalized spacial score (nSPS) is 13.8. The van der Waals surface area contributed by atoms with Gasteiger partial charge in [-0.15, -0.1) is 12.6 Å². The van der Waals surface area contributed by atoms with E-state index in [0.29, 0.717) is 4.90 Å². The van der Waals surface area contributed by atoms with Crippen LogP contribution in [0, 0.1) is 0 Å². The van der Waals surface area contributed by atoms with E-state index in [9.17, 15) is 18.1 Å². The Balaban J connectivity index is 2.37. The lowest BCUT2D eigenvalue weighted by molar-refractivity contribution is -0.154. The first kappa shape index (κ1) is 26.4. The van der Waals surface area contributed by atoms with Gasteiger partial charge in [-0.2, -0.15) is 13.8 Å². The quantitative estimate of drug-likeness (QED) is 0.280. The topological polar surface area (TPSA) is 101 Å². The minimum Gasteiger partial charge on any atom is -0.459 e. The van der Waals surface area contributed by atoms with E-state index in [-0.39, 0.29) is 24.7 Å². The largest absolute Gasteiger partial charge is 0.459 e. The molecule has 0 aliphatic rings. The Bertz CT molecular complexity index is 952. The van der Waals surface area contributed by atoms with Crippen LogP contribution in [0.15, 0.2) is 33.7 Å². The Labute approximate surface area is 191 Å². The molecule has 2 rings (SSSR count). The smallest absolute Gasteiger partial charge is 0.345 e. The number of rotatable bonds is 10. The summed E-state index contributed by atoms with van der Waals surface area (Å²) in [6.07, 6.45) is -0.467. The number of hydrogen-bond acceptors (Lipinski definition) is 9. The van der Waals surface area contributed by atoms with E-state index in [1.165, 1.54) is 24.3 Å². The molecule has 0 N–H and O–H groups in total. The van der Waals surface area contributed by atoms with Crippen LogP contribution < -0.4 is 0 Å². The van der Waals surface area contributed by atoms with Crippen molar-refractivity contribution in [2.75, 3.05) is 13.2 Å². The molecule has 0 fully saturated rings. The number of ether oxygens (including phenoxy) is 1. The van der Waals surface area contributed by atoms with Crippen LogP contribution in [-0.4, -0.2) is 40.6 Å². The van der Waals surface area contributed by atoms with Gasteiger partial charge in [-0.05, 0) is 46.8 Å². The van der Waals surface area contributed by atoms with E-state index >= 15 is 0 Å². The third kappa shape index (κ3) is 6.60. The summed E-state index contributed by atoms with van der Waals surface area (Å²) in [4.78, 5) is 17.1. The van der Waals surface area contributed by atoms with Crippen molar-refractivity contribution < 1.29 is 36.4 Å². The molecule has 0 saturated carbocycles. The fraction of sp³-hybridized carbons (Fsp3) is 0.550. The molecule has 0 spiro atoms. The van der Waals surface area contributed by atoms with E-state index in [1.54, 1.807) is 34.6 Å². The molecule has 1 aromatic carbocycles. The highest BCUT2D eigenvalue weighted by Crippen LogP contribution is 2.54. The minimum atomic E-state index is -4.03. The summed E-state index contributed by atoms with van der Waals surface area (Å²) in [5.74, 6) is -5.68. The number of carbonyl (C=O) groups excluding carboxylic acids is 1. The van der Waals surface area contributed by atoms with Crippen molar-refractivity contribution in [1.29, 1.82) is 0 Å². The van der Waals surface area contributed by atoms with Crippen LogP contribution in [0.4, 0.5) is 8.78 Å². The number of esters is 1. The van der Waals surface area contributed by atoms with E-state index < -0.39 is 43.0 Å². The monoisotopic (exact) mass is 492 g/mol. The standard InChI is InChI=1S/C20H27F2N2O6PS/c1-6-27-31(26,28-7-2)15(17(25)29-19(3,4)5)12-16-23-18(24-30-16)20(21,22)13-8-10-14(32)11-9-13/h8-11,15,32H,6-7,12H2,1-5H3. The van der Waals surface area contributed by atoms with Gasteiger partial charge in [-0.1, -0.05) is 17.3 Å². The second-order valence-electron chi connectivity index (χ2n) is 7.76. The number of aromatic nitrogens is 2. The molecule has 178 valence electrons. The van der Waals surface area contributed by atoms with Crippen LogP contribution in [0.1, 0.15) is 51.9 Å². The van der Waals surface area contributed by atoms with Crippen LogP contribution in [0.25, 0.3) is 0 Å². The highest BCUT2D eigenvalue weighted by molar-refractivity contribution is 7.80. The Morgan fingerprint density at radius 1 is 1.16 bits per heavy atom. The second kappa shape index (κ2) is 10.4. The maximum Gasteiger partial charge on any atom is 0.345 e. The van der Waals surface area contributed by atoms with Gasteiger partial charge in [0.2, 0.25) is 11.7 Å². The lowest BCUT2D eigenvalue weighted by atomic mass is 10.1. The van der Waals surface area contributed by atoms with Crippen molar-refractivity contribution in [3.8, 4) is 0 Å². The molecule has 0 saturated heterocycles. The Morgan fingerprint density at radius 3 is 2.22 bits per heavy atom. The predicted octanol–water partition coefficient (Wildman–Crippen LogP) is 5.02. The van der Waals surface area contributed by atoms with E-state index in [2.05, 4.69) is 22.8 Å². The second-order valence-corrected chi connectivity index (χ2v) is 10.5. The summed E-state index contributed by atoms with van der Waals surface area (Å²) in [6.45, 7) is 8.05. The summed E-state index contributed by atoms with van der Waals surface area (Å²) in [5.41, 5.74) is -2.74. The number of thiol groups is 1. The first-order chi connectivity index (χ1) is 14.8. The molecule has 0 bridgehead atoms. The van der Waals surface area contributed by atoms with Crippen LogP contribution >= 0.6 is 20.2 Å². The molecule has 0 aliphatic heterocycles. The number of hydrogen-bond donors (Lipinski definition) is 1. The molecule has 12 heteroatoms. The van der Waals surface area contributed by atoms with Gasteiger partial charge in [0.1, 0.15) is 5.60 Å². The summed E-state index contributed by atoms with van der Waals surface area (Å²) < 4.78 is 63.8. The van der Waals surface area contributed by atoms with Crippen molar-refractivity contribution in [1.82, 2.24) is 10.1 Å². The highest BCUT2D eigenvalue weighted by Gasteiger charge is 2.46. The van der Waals surface area contributed by atoms with Gasteiger partial charge in [0, 0.05) is 10.5 Å². The molecule has 1 unspecified atom stereocenters. The molecule has 2 aromatic rings. The fourth-order valence-electron chi connectivity index (χ4n) is 2.70. The molecule has 0 aliphatic carbocycles. The Morgan fingerprint density at radius 2 is 1.72 bits per heavy atom. The molecule has 8 nitrogen and oxygen atoms in total. The third-order valence-electron chi connectivity index (χ3n) is 4.03. The molecule has 0 radical (unpaired) electrons. The zero-order valence-corrected chi connectivity index (χ0v) is 20.3. The first-order valence-electron chi connectivity index (χ1n) is 9.94. The zero-order valence-electron chi connectivity index (χ0n) is 18.5. The van der Waals surface area contributed by atoms with Gasteiger partial charge in [-0.25, -0.2) is 0 Å². The van der Waals surface area contributed by atoms with Crippen LogP contribution in [0.3, 0.4) is 0 Å². The summed E-state index contributed by atoms with van der Waals surface area (Å²) in [5, 5.41) is 3.37. The number of carbonyl (C=O) groups is 1. The average Bonchev–Trinajstić information content (AvgIpc) is 3.15. The molecule has 1 atom stereocenters. The number of alkyl halides is 2. The fourth-order valence-corrected chi connectivity index (χ4v) is 4.70. The number of halogens is 2. The van der Waals surface area contributed by atoms with Gasteiger partial charge < -0.3 is 18.3 Å². The van der Waals surface area contributed by atoms with Crippen molar-refractivity contribution in [2.24, 2.45) is 0 Å². The molecule has 1 aromatic heterocycles. The van der Waals surface area contributed by atoms with Crippen LogP contribution in [0.5, 0.6) is 0 Å². The SMILES string of the molecule is CCOP(=O)(OCC)C(Cc1nc(C(F)(F)c2ccc(S)cc2)no1)C(=O)OC(C)(C)C. The lowest BCUT2D eigenvalue weighted by Gasteiger charge is -2.27. The molecule has 1 heterocycles. The van der Waals surface area contributed by atoms with Gasteiger partial charge in [0.05, 0.1) is 19.6 Å². The van der Waals surface area contributed by atoms with Crippen LogP contribution in [-0.2, 0) is 35.5 Å². The average molecular weight is 492 g/mol. The molecule has 0 amide bonds. The maximum absolute atomic E-state index is 14.8. The van der Waals surface area contributed by atoms with Gasteiger partial charge >= 0.3 is 19.5 Å². The van der Waals surface area contributed by atoms with Crippen LogP contribution in [0.2, 0.25) is 0 Å². The number of benzene rings is 1. The Hall–Kier alpha value is -1.81. The number of nitrogens with zero attached hydrogens (tertiary/aromatic N) is 2. The molecular formula is C20H27F2N2O6PS. The van der Waals surface area contributed by atoms with E-state index in [4.69, 9.17) is 18.3 Å². The van der Waals surface area contributed by atoms with Gasteiger partial charge in [0.15, 0.2) is 5.66 Å². The van der Waals surface area contributed by atoms with Crippen molar-refractivity contribution in [3.05, 3.63) is 41.5 Å². The zero-order chi connectivity index (χ0) is 24.2. The van der Waals surface area contributed by atoms with Crippen molar-refractivity contribution >= 4 is 26.2 Å². The van der Waals surface area contributed by atoms with E-state index in [0.717, 1.165) is 0 Å². The minimum absolute atomic E-state index is 0.00906. The van der Waals surface area contributed by atoms with Crippen molar-refractivity contribution in [3.63, 3.8) is 0 Å². The van der Waals surface area contributed by atoms with E-state index in [1.807, 2.05) is 0 Å². The van der Waals surface area contributed by atoms with Gasteiger partial charge in [0.25, 0.3) is 0 Å². The predicted molar refractivity (Wildman–Crippen MR) is 115 cm³/mol. The van der Waals surface area contributed by atoms with Crippen molar-refractivity contribution in [2.45, 2.75) is 63.1 Å². The summed E-state index contributed by atoms with van der Waals surface area (Å²) >= 11 is 4.08. The molecule has 32 heavy (non-hydrogen) atoms. The first-order valence-corrected chi connectivity index (χ1v) is 12.0. The molecular weight excluding hydrogens is 465 g/mol. The maximum atomic E-state index is 14.8.